The van der Waals surface area contributed by atoms with Crippen LogP contribution in [0.15, 0.2) is 41.5 Å². The first-order valence-electron chi connectivity index (χ1n) is 11.6. The fourth-order valence-electron chi connectivity index (χ4n) is 3.20. The summed E-state index contributed by atoms with van der Waals surface area (Å²) in [7, 11) is 0. The zero-order valence-corrected chi connectivity index (χ0v) is 20.4. The lowest BCUT2D eigenvalue weighted by atomic mass is 10.2. The van der Waals surface area contributed by atoms with Crippen LogP contribution in [0.1, 0.15) is 51.7 Å². The van der Waals surface area contributed by atoms with E-state index in [9.17, 15) is 4.79 Å². The highest BCUT2D eigenvalue weighted by atomic mass is 16.6. The molecule has 1 amide bonds. The Labute approximate surface area is 197 Å². The van der Waals surface area contributed by atoms with Gasteiger partial charge in [0.2, 0.25) is 5.88 Å². The van der Waals surface area contributed by atoms with Gasteiger partial charge in [0.15, 0.2) is 5.82 Å². The molecule has 2 aromatic rings. The summed E-state index contributed by atoms with van der Waals surface area (Å²) in [6.07, 6.45) is 3.22. The molecule has 2 N–H and O–H groups in total. The number of hydrogen-bond acceptors (Lipinski definition) is 7. The van der Waals surface area contributed by atoms with Gasteiger partial charge in [0.25, 0.3) is 0 Å². The molecule has 0 radical (unpaired) electrons. The van der Waals surface area contributed by atoms with Gasteiger partial charge >= 0.3 is 6.09 Å². The smallest absolute Gasteiger partial charge is 0.407 e. The SMILES string of the molecule is CCCN(CCC)c1cc(N/N=C/c2cccc(C)c2)nc(OCCNC(=O)OC(C)C)c1. The van der Waals surface area contributed by atoms with Gasteiger partial charge in [-0.1, -0.05) is 43.7 Å². The number of anilines is 2. The molecule has 0 atom stereocenters. The van der Waals surface area contributed by atoms with Gasteiger partial charge in [0.05, 0.1) is 18.9 Å². The molecule has 0 unspecified atom stereocenters. The Bertz CT molecular complexity index is 895. The summed E-state index contributed by atoms with van der Waals surface area (Å²) in [6, 6.07) is 12.0. The van der Waals surface area contributed by atoms with Crippen LogP contribution in [-0.2, 0) is 4.74 Å². The van der Waals surface area contributed by atoms with E-state index in [2.05, 4.69) is 45.6 Å². The number of rotatable bonds is 13. The number of carbonyl (C=O) groups is 1. The monoisotopic (exact) mass is 455 g/mol. The molecule has 1 heterocycles. The zero-order chi connectivity index (χ0) is 24.1. The van der Waals surface area contributed by atoms with Crippen LogP contribution in [0.5, 0.6) is 5.88 Å². The molecule has 1 aromatic carbocycles. The molecule has 8 nitrogen and oxygen atoms in total. The lowest BCUT2D eigenvalue weighted by Gasteiger charge is -2.24. The highest BCUT2D eigenvalue weighted by Gasteiger charge is 2.11. The van der Waals surface area contributed by atoms with Crippen molar-refractivity contribution in [3.63, 3.8) is 0 Å². The number of aromatic nitrogens is 1. The number of hydrazone groups is 1. The van der Waals surface area contributed by atoms with Gasteiger partial charge in [0.1, 0.15) is 6.61 Å². The summed E-state index contributed by atoms with van der Waals surface area (Å²) < 4.78 is 10.9. The Balaban J connectivity index is 2.11. The predicted molar refractivity (Wildman–Crippen MR) is 135 cm³/mol. The molecule has 33 heavy (non-hydrogen) atoms. The fraction of sp³-hybridized carbons (Fsp3) is 0.480. The predicted octanol–water partition coefficient (Wildman–Crippen LogP) is 4.98. The first-order chi connectivity index (χ1) is 15.9. The van der Waals surface area contributed by atoms with Crippen LogP contribution in [0, 0.1) is 6.92 Å². The van der Waals surface area contributed by atoms with Crippen LogP contribution in [0.2, 0.25) is 0 Å². The standard InChI is InChI=1S/C25H37N5O3/c1-6-12-30(13-7-2)22-16-23(29-27-18-21-10-8-9-20(5)15-21)28-24(17-22)32-14-11-26-25(31)33-19(3)4/h8-10,15-19H,6-7,11-14H2,1-5H3,(H,26,31)(H,28,29)/b27-18+. The lowest BCUT2D eigenvalue weighted by molar-refractivity contribution is 0.114. The van der Waals surface area contributed by atoms with E-state index in [0.717, 1.165) is 37.2 Å². The zero-order valence-electron chi connectivity index (χ0n) is 20.4. The highest BCUT2D eigenvalue weighted by Crippen LogP contribution is 2.24. The minimum absolute atomic E-state index is 0.165. The fourth-order valence-corrected chi connectivity index (χ4v) is 3.20. The van der Waals surface area contributed by atoms with Crippen molar-refractivity contribution in [1.82, 2.24) is 10.3 Å². The molecule has 2 rings (SSSR count). The Hall–Kier alpha value is -3.29. The number of benzene rings is 1. The van der Waals surface area contributed by atoms with Crippen molar-refractivity contribution < 1.29 is 14.3 Å². The van der Waals surface area contributed by atoms with E-state index >= 15 is 0 Å². The van der Waals surface area contributed by atoms with Crippen LogP contribution >= 0.6 is 0 Å². The molecule has 0 fully saturated rings. The van der Waals surface area contributed by atoms with E-state index < -0.39 is 6.09 Å². The van der Waals surface area contributed by atoms with Crippen LogP contribution in [0.4, 0.5) is 16.3 Å². The van der Waals surface area contributed by atoms with E-state index in [1.54, 1.807) is 20.1 Å². The molecule has 0 saturated carbocycles. The summed E-state index contributed by atoms with van der Waals surface area (Å²) in [5.74, 6) is 1.06. The molecular weight excluding hydrogens is 418 g/mol. The molecular formula is C25H37N5O3. The van der Waals surface area contributed by atoms with Crippen molar-refractivity contribution in [2.24, 2.45) is 5.10 Å². The van der Waals surface area contributed by atoms with Crippen LogP contribution in [0.3, 0.4) is 0 Å². The number of pyridine rings is 1. The number of aryl methyl sites for hydroxylation is 1. The summed E-state index contributed by atoms with van der Waals surface area (Å²) in [5, 5.41) is 7.02. The first-order valence-corrected chi connectivity index (χ1v) is 11.6. The first kappa shape index (κ1) is 26.0. The minimum Gasteiger partial charge on any atom is -0.476 e. The van der Waals surface area contributed by atoms with Gasteiger partial charge in [-0.25, -0.2) is 4.79 Å². The maximum atomic E-state index is 11.6. The average molecular weight is 456 g/mol. The Kier molecular flexibility index (Phi) is 11.0. The molecule has 0 aliphatic rings. The third-order valence-corrected chi connectivity index (χ3v) is 4.54. The van der Waals surface area contributed by atoms with E-state index in [1.165, 1.54) is 5.56 Å². The second kappa shape index (κ2) is 14.0. The Morgan fingerprint density at radius 3 is 2.61 bits per heavy atom. The quantitative estimate of drug-likeness (QED) is 0.252. The van der Waals surface area contributed by atoms with Gasteiger partial charge in [0, 0.05) is 30.9 Å². The lowest BCUT2D eigenvalue weighted by Crippen LogP contribution is -2.30. The number of alkyl carbamates (subject to hydrolysis) is 1. The molecule has 180 valence electrons. The number of amides is 1. The largest absolute Gasteiger partial charge is 0.476 e. The summed E-state index contributed by atoms with van der Waals surface area (Å²) in [5.41, 5.74) is 6.23. The third kappa shape index (κ3) is 9.80. The number of nitrogens with zero attached hydrogens (tertiary/aromatic N) is 3. The van der Waals surface area contributed by atoms with Crippen molar-refractivity contribution in [2.45, 2.75) is 53.6 Å². The second-order valence-corrected chi connectivity index (χ2v) is 8.05. The van der Waals surface area contributed by atoms with Gasteiger partial charge < -0.3 is 19.7 Å². The molecule has 0 spiro atoms. The number of nitrogens with one attached hydrogen (secondary N) is 2. The van der Waals surface area contributed by atoms with E-state index in [4.69, 9.17) is 9.47 Å². The average Bonchev–Trinajstić information content (AvgIpc) is 2.76. The number of carbonyl (C=O) groups excluding carboxylic acids is 1. The Morgan fingerprint density at radius 2 is 1.94 bits per heavy atom. The molecule has 0 aliphatic carbocycles. The molecule has 0 aliphatic heterocycles. The van der Waals surface area contributed by atoms with Crippen molar-refractivity contribution in [3.05, 3.63) is 47.5 Å². The van der Waals surface area contributed by atoms with E-state index in [0.29, 0.717) is 18.2 Å². The summed E-state index contributed by atoms with van der Waals surface area (Å²) in [6.45, 7) is 12.4. The highest BCUT2D eigenvalue weighted by molar-refractivity contribution is 5.80. The van der Waals surface area contributed by atoms with Crippen LogP contribution in [0.25, 0.3) is 0 Å². The van der Waals surface area contributed by atoms with Crippen molar-refractivity contribution in [3.8, 4) is 5.88 Å². The molecule has 1 aromatic heterocycles. The maximum Gasteiger partial charge on any atom is 0.407 e. The molecule has 0 bridgehead atoms. The Morgan fingerprint density at radius 1 is 1.18 bits per heavy atom. The topological polar surface area (TPSA) is 88.1 Å². The number of hydrogen-bond donors (Lipinski definition) is 2. The van der Waals surface area contributed by atoms with E-state index in [-0.39, 0.29) is 12.7 Å². The van der Waals surface area contributed by atoms with Crippen LogP contribution < -0.4 is 20.4 Å². The van der Waals surface area contributed by atoms with Crippen LogP contribution in [-0.4, -0.2) is 49.6 Å². The van der Waals surface area contributed by atoms with Gasteiger partial charge in [-0.3, -0.25) is 5.43 Å². The summed E-state index contributed by atoms with van der Waals surface area (Å²) >= 11 is 0. The van der Waals surface area contributed by atoms with E-state index in [1.807, 2.05) is 37.3 Å². The normalized spacial score (nSPS) is 11.0. The van der Waals surface area contributed by atoms with Crippen molar-refractivity contribution in [1.29, 1.82) is 0 Å². The minimum atomic E-state index is -0.458. The maximum absolute atomic E-state index is 11.6. The van der Waals surface area contributed by atoms with Gasteiger partial charge in [-0.05, 0) is 39.2 Å². The second-order valence-electron chi connectivity index (χ2n) is 8.05. The molecule has 8 heteroatoms. The van der Waals surface area contributed by atoms with Crippen molar-refractivity contribution >= 4 is 23.8 Å². The van der Waals surface area contributed by atoms with Gasteiger partial charge in [-0.15, -0.1) is 0 Å². The number of ether oxygens (including phenoxy) is 2. The molecule has 0 saturated heterocycles. The summed E-state index contributed by atoms with van der Waals surface area (Å²) in [4.78, 5) is 18.5. The third-order valence-electron chi connectivity index (χ3n) is 4.54. The van der Waals surface area contributed by atoms with Crippen molar-refractivity contribution in [2.75, 3.05) is 36.6 Å². The van der Waals surface area contributed by atoms with Gasteiger partial charge in [-0.2, -0.15) is 10.1 Å².